The van der Waals surface area contributed by atoms with Crippen LogP contribution in [0.2, 0.25) is 0 Å². The third kappa shape index (κ3) is 4.32. The first-order chi connectivity index (χ1) is 9.11. The molecule has 1 fully saturated rings. The topological polar surface area (TPSA) is 38.3 Å². The molecule has 0 spiro atoms. The first-order valence-electron chi connectivity index (χ1n) is 7.01. The van der Waals surface area contributed by atoms with E-state index in [1.165, 1.54) is 44.1 Å². The molecular formula is C15H23NO2S. The molecule has 0 unspecified atom stereocenters. The summed E-state index contributed by atoms with van der Waals surface area (Å²) in [4.78, 5) is 13.6. The number of rotatable bonds is 5. The summed E-state index contributed by atoms with van der Waals surface area (Å²) in [5.41, 5.74) is 0.296. The molecule has 3 nitrogen and oxygen atoms in total. The van der Waals surface area contributed by atoms with E-state index < -0.39 is 0 Å². The van der Waals surface area contributed by atoms with Crippen LogP contribution in [0, 0.1) is 0 Å². The van der Waals surface area contributed by atoms with Gasteiger partial charge in [0.15, 0.2) is 0 Å². The molecule has 19 heavy (non-hydrogen) atoms. The zero-order chi connectivity index (χ0) is 13.7. The maximum atomic E-state index is 11.2. The fourth-order valence-corrected chi connectivity index (χ4v) is 3.58. The lowest BCUT2D eigenvalue weighted by molar-refractivity contribution is -0.139. The standard InChI is InChI=1S/C15H23NO2S/c1-15(8-4-3-5-9-15)16-11-13-7-6-12(19-13)10-14(17)18-2/h6-7,16H,3-5,8-11H2,1-2H3. The molecular weight excluding hydrogens is 258 g/mol. The van der Waals surface area contributed by atoms with E-state index in [4.69, 9.17) is 0 Å². The van der Waals surface area contributed by atoms with Crippen LogP contribution in [-0.4, -0.2) is 18.6 Å². The van der Waals surface area contributed by atoms with Crippen molar-refractivity contribution in [3.63, 3.8) is 0 Å². The lowest BCUT2D eigenvalue weighted by Gasteiger charge is -2.34. The molecule has 1 aromatic heterocycles. The van der Waals surface area contributed by atoms with Crippen molar-refractivity contribution < 1.29 is 9.53 Å². The number of esters is 1. The number of methoxy groups -OCH3 is 1. The van der Waals surface area contributed by atoms with Gasteiger partial charge >= 0.3 is 5.97 Å². The van der Waals surface area contributed by atoms with E-state index in [-0.39, 0.29) is 5.97 Å². The van der Waals surface area contributed by atoms with Gasteiger partial charge in [-0.05, 0) is 31.9 Å². The molecule has 0 aliphatic heterocycles. The van der Waals surface area contributed by atoms with Gasteiger partial charge in [0.1, 0.15) is 0 Å². The average Bonchev–Trinajstić information content (AvgIpc) is 2.85. The monoisotopic (exact) mass is 281 g/mol. The normalized spacial score (nSPS) is 18.2. The summed E-state index contributed by atoms with van der Waals surface area (Å²) in [6, 6.07) is 4.14. The molecule has 1 saturated carbocycles. The van der Waals surface area contributed by atoms with Crippen molar-refractivity contribution in [2.75, 3.05) is 7.11 Å². The molecule has 0 bridgehead atoms. The molecule has 0 aromatic carbocycles. The van der Waals surface area contributed by atoms with Crippen LogP contribution < -0.4 is 5.32 Å². The maximum absolute atomic E-state index is 11.2. The number of ether oxygens (including phenoxy) is 1. The average molecular weight is 281 g/mol. The number of carbonyl (C=O) groups is 1. The third-order valence-corrected chi connectivity index (χ3v) is 5.00. The van der Waals surface area contributed by atoms with Crippen molar-refractivity contribution in [2.24, 2.45) is 0 Å². The Labute approximate surface area is 119 Å². The molecule has 2 rings (SSSR count). The summed E-state index contributed by atoms with van der Waals surface area (Å²) in [5, 5.41) is 3.69. The van der Waals surface area contributed by atoms with Gasteiger partial charge in [-0.15, -0.1) is 11.3 Å². The van der Waals surface area contributed by atoms with E-state index in [0.717, 1.165) is 11.4 Å². The summed E-state index contributed by atoms with van der Waals surface area (Å²) in [5.74, 6) is -0.166. The zero-order valence-electron chi connectivity index (χ0n) is 11.8. The Kier molecular flexibility index (Phi) is 4.99. The van der Waals surface area contributed by atoms with Gasteiger partial charge < -0.3 is 10.1 Å². The van der Waals surface area contributed by atoms with E-state index in [2.05, 4.69) is 23.0 Å². The highest BCUT2D eigenvalue weighted by molar-refractivity contribution is 7.12. The fourth-order valence-electron chi connectivity index (χ4n) is 2.64. The molecule has 1 aliphatic rings. The molecule has 0 amide bonds. The van der Waals surface area contributed by atoms with Crippen LogP contribution in [0.4, 0.5) is 0 Å². The maximum Gasteiger partial charge on any atom is 0.310 e. The largest absolute Gasteiger partial charge is 0.469 e. The summed E-state index contributed by atoms with van der Waals surface area (Å²) in [6.45, 7) is 3.23. The SMILES string of the molecule is COC(=O)Cc1ccc(CNC2(C)CCCCC2)s1. The molecule has 106 valence electrons. The van der Waals surface area contributed by atoms with Gasteiger partial charge in [0.25, 0.3) is 0 Å². The zero-order valence-corrected chi connectivity index (χ0v) is 12.6. The van der Waals surface area contributed by atoms with Crippen molar-refractivity contribution in [3.05, 3.63) is 21.9 Å². The number of nitrogens with one attached hydrogen (secondary N) is 1. The van der Waals surface area contributed by atoms with Gasteiger partial charge in [0.2, 0.25) is 0 Å². The van der Waals surface area contributed by atoms with Gasteiger partial charge in [-0.2, -0.15) is 0 Å². The van der Waals surface area contributed by atoms with Crippen LogP contribution in [0.3, 0.4) is 0 Å². The highest BCUT2D eigenvalue weighted by Gasteiger charge is 2.25. The van der Waals surface area contributed by atoms with Crippen LogP contribution in [-0.2, 0) is 22.5 Å². The van der Waals surface area contributed by atoms with Crippen molar-refractivity contribution in [3.8, 4) is 0 Å². The minimum Gasteiger partial charge on any atom is -0.469 e. The van der Waals surface area contributed by atoms with Gasteiger partial charge in [0, 0.05) is 21.8 Å². The van der Waals surface area contributed by atoms with Crippen molar-refractivity contribution in [2.45, 2.75) is 57.5 Å². The molecule has 1 heterocycles. The Balaban J connectivity index is 1.84. The number of hydrogen-bond acceptors (Lipinski definition) is 4. The first-order valence-corrected chi connectivity index (χ1v) is 7.82. The van der Waals surface area contributed by atoms with Crippen LogP contribution >= 0.6 is 11.3 Å². The van der Waals surface area contributed by atoms with E-state index in [1.807, 2.05) is 6.07 Å². The number of hydrogen-bond donors (Lipinski definition) is 1. The number of carbonyl (C=O) groups excluding carboxylic acids is 1. The predicted octanol–water partition coefficient (Wildman–Crippen LogP) is 3.28. The van der Waals surface area contributed by atoms with E-state index in [9.17, 15) is 4.79 Å². The lowest BCUT2D eigenvalue weighted by atomic mass is 9.83. The Morgan fingerprint density at radius 1 is 1.32 bits per heavy atom. The quantitative estimate of drug-likeness (QED) is 0.842. The summed E-state index contributed by atoms with van der Waals surface area (Å²) < 4.78 is 4.69. The third-order valence-electron chi connectivity index (χ3n) is 3.91. The van der Waals surface area contributed by atoms with Crippen molar-refractivity contribution in [1.29, 1.82) is 0 Å². The lowest BCUT2D eigenvalue weighted by Crippen LogP contribution is -2.43. The van der Waals surface area contributed by atoms with Gasteiger partial charge in [0.05, 0.1) is 13.5 Å². The van der Waals surface area contributed by atoms with Crippen molar-refractivity contribution in [1.82, 2.24) is 5.32 Å². The van der Waals surface area contributed by atoms with Gasteiger partial charge in [-0.1, -0.05) is 19.3 Å². The second-order valence-corrected chi connectivity index (χ2v) is 6.85. The molecule has 0 saturated heterocycles. The Morgan fingerprint density at radius 3 is 2.68 bits per heavy atom. The van der Waals surface area contributed by atoms with Crippen LogP contribution in [0.15, 0.2) is 12.1 Å². The Hall–Kier alpha value is -0.870. The first kappa shape index (κ1) is 14.5. The highest BCUT2D eigenvalue weighted by Crippen LogP contribution is 2.28. The molecule has 0 atom stereocenters. The molecule has 1 N–H and O–H groups in total. The van der Waals surface area contributed by atoms with Crippen LogP contribution in [0.1, 0.15) is 48.8 Å². The van der Waals surface area contributed by atoms with Gasteiger partial charge in [-0.3, -0.25) is 4.79 Å². The van der Waals surface area contributed by atoms with Crippen molar-refractivity contribution >= 4 is 17.3 Å². The minimum absolute atomic E-state index is 0.166. The molecule has 1 aromatic rings. The van der Waals surface area contributed by atoms with E-state index in [0.29, 0.717) is 12.0 Å². The number of thiophene rings is 1. The minimum atomic E-state index is -0.166. The van der Waals surface area contributed by atoms with Gasteiger partial charge in [-0.25, -0.2) is 0 Å². The fraction of sp³-hybridized carbons (Fsp3) is 0.667. The predicted molar refractivity (Wildman–Crippen MR) is 78.4 cm³/mol. The Morgan fingerprint density at radius 2 is 2.00 bits per heavy atom. The second kappa shape index (κ2) is 6.53. The summed E-state index contributed by atoms with van der Waals surface area (Å²) in [6.07, 6.45) is 6.97. The van der Waals surface area contributed by atoms with Crippen LogP contribution in [0.5, 0.6) is 0 Å². The molecule has 1 aliphatic carbocycles. The summed E-state index contributed by atoms with van der Waals surface area (Å²) in [7, 11) is 1.43. The van der Waals surface area contributed by atoms with E-state index in [1.54, 1.807) is 11.3 Å². The molecule has 4 heteroatoms. The van der Waals surface area contributed by atoms with E-state index >= 15 is 0 Å². The highest BCUT2D eigenvalue weighted by atomic mass is 32.1. The smallest absolute Gasteiger partial charge is 0.310 e. The second-order valence-electron chi connectivity index (χ2n) is 5.60. The molecule has 0 radical (unpaired) electrons. The van der Waals surface area contributed by atoms with Crippen LogP contribution in [0.25, 0.3) is 0 Å². The summed E-state index contributed by atoms with van der Waals surface area (Å²) >= 11 is 1.70. The Bertz CT molecular complexity index is 422.